The number of phenolic OH excluding ortho intramolecular Hbond substituents is 2. The van der Waals surface area contributed by atoms with Gasteiger partial charge in [0.25, 0.3) is 11.8 Å². The summed E-state index contributed by atoms with van der Waals surface area (Å²) < 4.78 is 0. The van der Waals surface area contributed by atoms with E-state index in [1.807, 2.05) is 0 Å². The summed E-state index contributed by atoms with van der Waals surface area (Å²) in [6, 6.07) is 16.5. The molecule has 1 heterocycles. The summed E-state index contributed by atoms with van der Waals surface area (Å²) in [4.78, 5) is 24.4. The number of hydrogen-bond donors (Lipinski definition) is 3. The predicted molar refractivity (Wildman–Crippen MR) is 92.4 cm³/mol. The van der Waals surface area contributed by atoms with Crippen LogP contribution in [0.25, 0.3) is 22.3 Å². The van der Waals surface area contributed by atoms with E-state index in [0.29, 0.717) is 22.3 Å². The van der Waals surface area contributed by atoms with Crippen molar-refractivity contribution in [2.45, 2.75) is 0 Å². The molecule has 0 radical (unpaired) electrons. The van der Waals surface area contributed by atoms with E-state index in [1.165, 1.54) is 6.07 Å². The van der Waals surface area contributed by atoms with Crippen LogP contribution in [0.15, 0.2) is 60.7 Å². The molecule has 3 aromatic rings. The van der Waals surface area contributed by atoms with Gasteiger partial charge < -0.3 is 10.2 Å². The zero-order valence-electron chi connectivity index (χ0n) is 13.0. The van der Waals surface area contributed by atoms with Crippen LogP contribution in [0.3, 0.4) is 0 Å². The average Bonchev–Trinajstić information content (AvgIpc) is 2.90. The van der Waals surface area contributed by atoms with Gasteiger partial charge in [0.15, 0.2) is 0 Å². The lowest BCUT2D eigenvalue weighted by atomic mass is 9.87. The lowest BCUT2D eigenvalue weighted by molar-refractivity contribution is 0.0880. The van der Waals surface area contributed by atoms with Crippen molar-refractivity contribution in [3.8, 4) is 33.8 Å². The maximum atomic E-state index is 12.4. The minimum atomic E-state index is -0.518. The number of aromatic hydroxyl groups is 2. The van der Waals surface area contributed by atoms with E-state index in [0.717, 1.165) is 0 Å². The molecular formula is C20H13NO4. The fraction of sp³-hybridized carbons (Fsp3) is 0. The third-order valence-corrected chi connectivity index (χ3v) is 4.27. The second-order valence-corrected chi connectivity index (χ2v) is 5.73. The van der Waals surface area contributed by atoms with Crippen LogP contribution in [-0.4, -0.2) is 22.0 Å². The van der Waals surface area contributed by atoms with E-state index in [2.05, 4.69) is 5.32 Å². The Morgan fingerprint density at radius 2 is 1.12 bits per heavy atom. The van der Waals surface area contributed by atoms with E-state index in [9.17, 15) is 19.8 Å². The van der Waals surface area contributed by atoms with Crippen molar-refractivity contribution in [1.29, 1.82) is 0 Å². The maximum Gasteiger partial charge on any atom is 0.259 e. The van der Waals surface area contributed by atoms with E-state index in [4.69, 9.17) is 0 Å². The van der Waals surface area contributed by atoms with Crippen LogP contribution in [0.5, 0.6) is 11.5 Å². The number of benzene rings is 3. The van der Waals surface area contributed by atoms with Gasteiger partial charge in [-0.2, -0.15) is 0 Å². The molecule has 3 N–H and O–H groups in total. The number of para-hydroxylation sites is 2. The number of phenols is 2. The van der Waals surface area contributed by atoms with E-state index in [-0.39, 0.29) is 22.6 Å². The van der Waals surface area contributed by atoms with Gasteiger partial charge in [0.2, 0.25) is 0 Å². The fourth-order valence-corrected chi connectivity index (χ4v) is 3.15. The van der Waals surface area contributed by atoms with Crippen LogP contribution >= 0.6 is 0 Å². The number of amides is 2. The number of rotatable bonds is 2. The van der Waals surface area contributed by atoms with E-state index < -0.39 is 11.8 Å². The van der Waals surface area contributed by atoms with Gasteiger partial charge >= 0.3 is 0 Å². The molecule has 1 aliphatic rings. The number of imide groups is 1. The van der Waals surface area contributed by atoms with Gasteiger partial charge in [0, 0.05) is 16.7 Å². The molecule has 0 aliphatic carbocycles. The molecule has 2 amide bonds. The summed E-state index contributed by atoms with van der Waals surface area (Å²) in [6.07, 6.45) is 0. The smallest absolute Gasteiger partial charge is 0.259 e. The lowest BCUT2D eigenvalue weighted by Crippen LogP contribution is -2.20. The first kappa shape index (κ1) is 15.0. The normalized spacial score (nSPS) is 12.8. The standard InChI is InChI=1S/C20H13NO4/c22-15-7-3-1-5-11(15)12-9-10-14-18(20(25)21-19(14)24)17(12)13-6-2-4-8-16(13)23/h1-10,22-23H,(H,21,24,25). The van der Waals surface area contributed by atoms with E-state index in [1.54, 1.807) is 54.6 Å². The van der Waals surface area contributed by atoms with Gasteiger partial charge in [0.1, 0.15) is 11.5 Å². The first-order valence-corrected chi connectivity index (χ1v) is 7.67. The molecule has 0 atom stereocenters. The van der Waals surface area contributed by atoms with Crippen LogP contribution in [0.4, 0.5) is 0 Å². The molecular weight excluding hydrogens is 318 g/mol. The van der Waals surface area contributed by atoms with E-state index >= 15 is 0 Å². The van der Waals surface area contributed by atoms with Crippen LogP contribution in [0, 0.1) is 0 Å². The van der Waals surface area contributed by atoms with Gasteiger partial charge in [-0.15, -0.1) is 0 Å². The summed E-state index contributed by atoms with van der Waals surface area (Å²) in [5.41, 5.74) is 2.36. The van der Waals surface area contributed by atoms with Crippen molar-refractivity contribution in [2.75, 3.05) is 0 Å². The molecule has 0 bridgehead atoms. The van der Waals surface area contributed by atoms with Gasteiger partial charge in [-0.25, -0.2) is 0 Å². The quantitative estimate of drug-likeness (QED) is 0.629. The first-order chi connectivity index (χ1) is 12.1. The Balaban J connectivity index is 2.13. The summed E-state index contributed by atoms with van der Waals surface area (Å²) in [7, 11) is 0. The third kappa shape index (κ3) is 2.25. The molecule has 0 fully saturated rings. The Kier molecular flexibility index (Phi) is 3.28. The topological polar surface area (TPSA) is 86.6 Å². The number of hydrogen-bond acceptors (Lipinski definition) is 4. The third-order valence-electron chi connectivity index (χ3n) is 4.27. The molecule has 25 heavy (non-hydrogen) atoms. The van der Waals surface area contributed by atoms with Crippen molar-refractivity contribution >= 4 is 11.8 Å². The van der Waals surface area contributed by atoms with Crippen LogP contribution in [-0.2, 0) is 0 Å². The average molecular weight is 331 g/mol. The molecule has 5 nitrogen and oxygen atoms in total. The van der Waals surface area contributed by atoms with Crippen molar-refractivity contribution in [2.24, 2.45) is 0 Å². The van der Waals surface area contributed by atoms with Crippen molar-refractivity contribution in [3.05, 3.63) is 71.8 Å². The molecule has 0 saturated carbocycles. The molecule has 0 unspecified atom stereocenters. The summed E-state index contributed by atoms with van der Waals surface area (Å²) >= 11 is 0. The summed E-state index contributed by atoms with van der Waals surface area (Å²) in [5.74, 6) is -0.959. The largest absolute Gasteiger partial charge is 0.507 e. The second kappa shape index (κ2) is 5.49. The highest BCUT2D eigenvalue weighted by Gasteiger charge is 2.32. The Morgan fingerprint density at radius 3 is 1.76 bits per heavy atom. The fourth-order valence-electron chi connectivity index (χ4n) is 3.15. The number of carbonyl (C=O) groups excluding carboxylic acids is 2. The van der Waals surface area contributed by atoms with Gasteiger partial charge in [-0.1, -0.05) is 42.5 Å². The minimum Gasteiger partial charge on any atom is -0.507 e. The van der Waals surface area contributed by atoms with Crippen molar-refractivity contribution < 1.29 is 19.8 Å². The minimum absolute atomic E-state index is 0.0141. The molecule has 0 saturated heterocycles. The molecule has 122 valence electrons. The van der Waals surface area contributed by atoms with Crippen molar-refractivity contribution in [1.82, 2.24) is 5.32 Å². The zero-order chi connectivity index (χ0) is 17.6. The lowest BCUT2D eigenvalue weighted by Gasteiger charge is -2.15. The summed E-state index contributed by atoms with van der Waals surface area (Å²) in [5, 5.41) is 22.8. The predicted octanol–water partition coefficient (Wildman–Crippen LogP) is 3.32. The SMILES string of the molecule is O=C1NC(=O)c2c1ccc(-c1ccccc1O)c2-c1ccccc1O. The number of fused-ring (bicyclic) bond motifs is 1. The Morgan fingerprint density at radius 1 is 0.560 bits per heavy atom. The van der Waals surface area contributed by atoms with Crippen LogP contribution in [0.1, 0.15) is 20.7 Å². The Bertz CT molecular complexity index is 1040. The highest BCUT2D eigenvalue weighted by molar-refractivity contribution is 6.25. The molecule has 0 aromatic heterocycles. The van der Waals surface area contributed by atoms with Gasteiger partial charge in [-0.3, -0.25) is 14.9 Å². The van der Waals surface area contributed by atoms with Gasteiger partial charge in [0.05, 0.1) is 11.1 Å². The number of nitrogens with one attached hydrogen (secondary N) is 1. The van der Waals surface area contributed by atoms with Crippen LogP contribution in [0.2, 0.25) is 0 Å². The molecule has 3 aromatic carbocycles. The molecule has 0 spiro atoms. The Labute approximate surface area is 143 Å². The molecule has 1 aliphatic heterocycles. The monoisotopic (exact) mass is 331 g/mol. The number of carbonyl (C=O) groups is 2. The van der Waals surface area contributed by atoms with Gasteiger partial charge in [-0.05, 0) is 23.8 Å². The summed E-state index contributed by atoms with van der Waals surface area (Å²) in [6.45, 7) is 0. The molecule has 5 heteroatoms. The molecule has 4 rings (SSSR count). The van der Waals surface area contributed by atoms with Crippen molar-refractivity contribution in [3.63, 3.8) is 0 Å². The maximum absolute atomic E-state index is 12.4. The van der Waals surface area contributed by atoms with Crippen LogP contribution < -0.4 is 5.32 Å². The highest BCUT2D eigenvalue weighted by Crippen LogP contribution is 2.43. The Hall–Kier alpha value is -3.60. The zero-order valence-corrected chi connectivity index (χ0v) is 13.0. The highest BCUT2D eigenvalue weighted by atomic mass is 16.3. The second-order valence-electron chi connectivity index (χ2n) is 5.73. The first-order valence-electron chi connectivity index (χ1n) is 7.67.